The van der Waals surface area contributed by atoms with Crippen molar-refractivity contribution in [3.8, 4) is 0 Å². The maximum absolute atomic E-state index is 12.1. The van der Waals surface area contributed by atoms with E-state index in [2.05, 4.69) is 0 Å². The Balaban J connectivity index is 2.17. The average Bonchev–Trinajstić information content (AvgIpc) is 2.79. The van der Waals surface area contributed by atoms with Crippen molar-refractivity contribution in [3.05, 3.63) is 23.8 Å². The van der Waals surface area contributed by atoms with Gasteiger partial charge in [-0.3, -0.25) is 9.59 Å². The summed E-state index contributed by atoms with van der Waals surface area (Å²) in [6.07, 6.45) is 0.634. The fourth-order valence-electron chi connectivity index (χ4n) is 2.10. The van der Waals surface area contributed by atoms with Crippen LogP contribution in [0.25, 0.3) is 0 Å². The SMILES string of the molecule is NS(=O)(=O)c1ccc2c(c1)N(C(=O)CSCC(=O)O)CC2. The molecule has 2 rings (SSSR count). The van der Waals surface area contributed by atoms with Crippen LogP contribution in [0.5, 0.6) is 0 Å². The Kier molecular flexibility index (Phi) is 4.55. The molecule has 1 aliphatic rings. The van der Waals surface area contributed by atoms with Gasteiger partial charge in [-0.1, -0.05) is 6.07 Å². The second-order valence-electron chi connectivity index (χ2n) is 4.52. The van der Waals surface area contributed by atoms with Crippen molar-refractivity contribution in [1.82, 2.24) is 0 Å². The van der Waals surface area contributed by atoms with Gasteiger partial charge in [0.15, 0.2) is 0 Å². The predicted octanol–water partition coefficient (Wildman–Crippen LogP) is 0.0409. The number of nitrogens with zero attached hydrogens (tertiary/aromatic N) is 1. The lowest BCUT2D eigenvalue weighted by molar-refractivity contribution is -0.133. The Morgan fingerprint density at radius 1 is 1.33 bits per heavy atom. The fourth-order valence-corrected chi connectivity index (χ4v) is 3.24. The smallest absolute Gasteiger partial charge is 0.313 e. The van der Waals surface area contributed by atoms with E-state index in [9.17, 15) is 18.0 Å². The number of carboxylic acid groups (broad SMARTS) is 1. The molecular weight excluding hydrogens is 316 g/mol. The average molecular weight is 330 g/mol. The molecule has 3 N–H and O–H groups in total. The molecule has 0 bridgehead atoms. The van der Waals surface area contributed by atoms with Crippen LogP contribution >= 0.6 is 11.8 Å². The van der Waals surface area contributed by atoms with Gasteiger partial charge in [-0.2, -0.15) is 0 Å². The normalized spacial score (nSPS) is 14.0. The standard InChI is InChI=1S/C12H14N2O5S2/c13-21(18,19)9-2-1-8-3-4-14(10(8)5-9)11(15)6-20-7-12(16)17/h1-2,5H,3-4,6-7H2,(H,16,17)(H2,13,18,19). The van der Waals surface area contributed by atoms with Crippen molar-refractivity contribution >= 4 is 39.3 Å². The van der Waals surface area contributed by atoms with E-state index in [0.29, 0.717) is 18.7 Å². The topological polar surface area (TPSA) is 118 Å². The molecule has 114 valence electrons. The summed E-state index contributed by atoms with van der Waals surface area (Å²) in [4.78, 5) is 23.9. The third-order valence-electron chi connectivity index (χ3n) is 3.03. The number of hydrogen-bond acceptors (Lipinski definition) is 5. The van der Waals surface area contributed by atoms with E-state index in [1.54, 1.807) is 6.07 Å². The molecule has 0 aromatic heterocycles. The van der Waals surface area contributed by atoms with Gasteiger partial charge in [-0.05, 0) is 24.1 Å². The highest BCUT2D eigenvalue weighted by Gasteiger charge is 2.26. The monoisotopic (exact) mass is 330 g/mol. The number of thioether (sulfide) groups is 1. The van der Waals surface area contributed by atoms with Crippen LogP contribution in [0.2, 0.25) is 0 Å². The molecule has 0 spiro atoms. The molecule has 0 saturated heterocycles. The maximum Gasteiger partial charge on any atom is 0.313 e. The predicted molar refractivity (Wildman–Crippen MR) is 78.8 cm³/mol. The highest BCUT2D eigenvalue weighted by molar-refractivity contribution is 8.00. The highest BCUT2D eigenvalue weighted by atomic mass is 32.2. The van der Waals surface area contributed by atoms with Crippen LogP contribution in [0.4, 0.5) is 5.69 Å². The van der Waals surface area contributed by atoms with Gasteiger partial charge >= 0.3 is 5.97 Å². The largest absolute Gasteiger partial charge is 0.481 e. The van der Waals surface area contributed by atoms with Gasteiger partial charge in [0, 0.05) is 12.2 Å². The number of primary sulfonamides is 1. The Morgan fingerprint density at radius 3 is 2.67 bits per heavy atom. The summed E-state index contributed by atoms with van der Waals surface area (Å²) in [6, 6.07) is 4.45. The summed E-state index contributed by atoms with van der Waals surface area (Å²) < 4.78 is 22.7. The number of anilines is 1. The number of rotatable bonds is 5. The van der Waals surface area contributed by atoms with Gasteiger partial charge in [0.05, 0.1) is 16.4 Å². The van der Waals surface area contributed by atoms with Crippen LogP contribution in [0, 0.1) is 0 Å². The first kappa shape index (κ1) is 15.8. The molecule has 1 aromatic rings. The quantitative estimate of drug-likeness (QED) is 0.787. The van der Waals surface area contributed by atoms with Crippen LogP contribution in [-0.4, -0.2) is 43.5 Å². The summed E-state index contributed by atoms with van der Waals surface area (Å²) in [5.74, 6) is -1.34. The van der Waals surface area contributed by atoms with Crippen molar-refractivity contribution in [2.45, 2.75) is 11.3 Å². The fraction of sp³-hybridized carbons (Fsp3) is 0.333. The molecule has 0 fully saturated rings. The first-order valence-corrected chi connectivity index (χ1v) is 8.75. The van der Waals surface area contributed by atoms with Gasteiger partial charge in [0.25, 0.3) is 0 Å². The van der Waals surface area contributed by atoms with Crippen LogP contribution < -0.4 is 10.0 Å². The van der Waals surface area contributed by atoms with Gasteiger partial charge in [-0.15, -0.1) is 11.8 Å². The molecule has 0 atom stereocenters. The lowest BCUT2D eigenvalue weighted by Gasteiger charge is -2.17. The molecule has 9 heteroatoms. The number of carbonyl (C=O) groups excluding carboxylic acids is 1. The molecule has 1 aliphatic heterocycles. The summed E-state index contributed by atoms with van der Waals surface area (Å²) in [6.45, 7) is 0.454. The Morgan fingerprint density at radius 2 is 2.05 bits per heavy atom. The summed E-state index contributed by atoms with van der Waals surface area (Å²) in [7, 11) is -3.82. The molecular formula is C12H14N2O5S2. The number of sulfonamides is 1. The summed E-state index contributed by atoms with van der Waals surface area (Å²) >= 11 is 1.01. The second-order valence-corrected chi connectivity index (χ2v) is 7.06. The van der Waals surface area contributed by atoms with E-state index in [-0.39, 0.29) is 22.3 Å². The minimum absolute atomic E-state index is 0.0331. The van der Waals surface area contributed by atoms with Crippen molar-refractivity contribution < 1.29 is 23.1 Å². The van der Waals surface area contributed by atoms with E-state index in [1.807, 2.05) is 0 Å². The lowest BCUT2D eigenvalue weighted by atomic mass is 10.2. The van der Waals surface area contributed by atoms with Crippen LogP contribution in [0.15, 0.2) is 23.1 Å². The molecule has 1 heterocycles. The Bertz CT molecular complexity index is 687. The summed E-state index contributed by atoms with van der Waals surface area (Å²) in [5, 5.41) is 13.6. The number of benzene rings is 1. The highest BCUT2D eigenvalue weighted by Crippen LogP contribution is 2.30. The molecule has 0 saturated carbocycles. The number of hydrogen-bond donors (Lipinski definition) is 2. The first-order valence-electron chi connectivity index (χ1n) is 6.04. The van der Waals surface area contributed by atoms with E-state index in [1.165, 1.54) is 17.0 Å². The third kappa shape index (κ3) is 3.74. The summed E-state index contributed by atoms with van der Waals surface area (Å²) in [5.41, 5.74) is 1.40. The molecule has 0 radical (unpaired) electrons. The third-order valence-corrected chi connectivity index (χ3v) is 4.85. The molecule has 7 nitrogen and oxygen atoms in total. The van der Waals surface area contributed by atoms with Crippen LogP contribution in [0.1, 0.15) is 5.56 Å². The number of carboxylic acids is 1. The number of aliphatic carboxylic acids is 1. The Hall–Kier alpha value is -1.58. The molecule has 1 amide bonds. The first-order chi connectivity index (χ1) is 9.79. The van der Waals surface area contributed by atoms with Gasteiger partial charge in [0.1, 0.15) is 0 Å². The lowest BCUT2D eigenvalue weighted by Crippen LogP contribution is -2.31. The van der Waals surface area contributed by atoms with Crippen molar-refractivity contribution in [2.75, 3.05) is 23.0 Å². The zero-order chi connectivity index (χ0) is 15.6. The van der Waals surface area contributed by atoms with E-state index < -0.39 is 16.0 Å². The van der Waals surface area contributed by atoms with Gasteiger partial charge in [-0.25, -0.2) is 13.6 Å². The number of fused-ring (bicyclic) bond motifs is 1. The molecule has 0 aliphatic carbocycles. The van der Waals surface area contributed by atoms with Crippen molar-refractivity contribution in [1.29, 1.82) is 0 Å². The van der Waals surface area contributed by atoms with E-state index >= 15 is 0 Å². The minimum Gasteiger partial charge on any atom is -0.481 e. The van der Waals surface area contributed by atoms with Gasteiger partial charge < -0.3 is 10.0 Å². The number of nitrogens with two attached hydrogens (primary N) is 1. The van der Waals surface area contributed by atoms with Crippen molar-refractivity contribution in [2.24, 2.45) is 5.14 Å². The zero-order valence-corrected chi connectivity index (χ0v) is 12.6. The maximum atomic E-state index is 12.1. The Labute approximate surface area is 126 Å². The van der Waals surface area contributed by atoms with Crippen LogP contribution in [0.3, 0.4) is 0 Å². The molecule has 0 unspecified atom stereocenters. The minimum atomic E-state index is -3.82. The number of carbonyl (C=O) groups is 2. The van der Waals surface area contributed by atoms with E-state index in [4.69, 9.17) is 10.2 Å². The van der Waals surface area contributed by atoms with E-state index in [0.717, 1.165) is 17.3 Å². The molecule has 1 aromatic carbocycles. The number of amides is 1. The second kappa shape index (κ2) is 6.04. The zero-order valence-electron chi connectivity index (χ0n) is 11.0. The van der Waals surface area contributed by atoms with Gasteiger partial charge in [0.2, 0.25) is 15.9 Å². The molecule has 21 heavy (non-hydrogen) atoms. The van der Waals surface area contributed by atoms with Crippen LogP contribution in [-0.2, 0) is 26.0 Å². The van der Waals surface area contributed by atoms with Crippen molar-refractivity contribution in [3.63, 3.8) is 0 Å².